The third-order valence-electron chi connectivity index (χ3n) is 3.24. The minimum Gasteiger partial charge on any atom is -0.394 e. The molecule has 3 N–H and O–H groups in total. The minimum absolute atomic E-state index is 0.0430. The molecule has 1 aromatic carbocycles. The molecular weight excluding hydrogens is 230 g/mol. The highest BCUT2D eigenvalue weighted by atomic mass is 16.3. The molecule has 1 fully saturated rings. The minimum atomic E-state index is -0.461. The lowest BCUT2D eigenvalue weighted by Gasteiger charge is -2.40. The number of amides is 2. The first-order valence-electron chi connectivity index (χ1n) is 5.88. The van der Waals surface area contributed by atoms with E-state index in [1.807, 2.05) is 6.07 Å². The quantitative estimate of drug-likeness (QED) is 0.756. The van der Waals surface area contributed by atoms with E-state index in [-0.39, 0.29) is 12.6 Å². The van der Waals surface area contributed by atoms with E-state index in [4.69, 9.17) is 5.26 Å². The Morgan fingerprint density at radius 2 is 2.28 bits per heavy atom. The molecule has 0 unspecified atom stereocenters. The summed E-state index contributed by atoms with van der Waals surface area (Å²) in [5.41, 5.74) is 0.601. The fourth-order valence-electron chi connectivity index (χ4n) is 2.00. The van der Waals surface area contributed by atoms with Gasteiger partial charge in [0.05, 0.1) is 23.8 Å². The van der Waals surface area contributed by atoms with E-state index in [1.165, 1.54) is 0 Å². The van der Waals surface area contributed by atoms with Gasteiger partial charge in [-0.05, 0) is 37.5 Å². The fraction of sp³-hybridized carbons (Fsp3) is 0.385. The molecule has 0 aromatic heterocycles. The van der Waals surface area contributed by atoms with Crippen molar-refractivity contribution in [3.63, 3.8) is 0 Å². The first kappa shape index (κ1) is 12.4. The molecule has 0 spiro atoms. The van der Waals surface area contributed by atoms with Gasteiger partial charge in [0.15, 0.2) is 0 Å². The standard InChI is InChI=1S/C13H15N3O2/c14-8-10-3-1-4-11(7-10)15-12(18)16-13(9-17)5-2-6-13/h1,3-4,7,17H,2,5-6,9H2,(H2,15,16,18). The SMILES string of the molecule is N#Cc1cccc(NC(=O)NC2(CO)CCC2)c1. The molecule has 1 aromatic rings. The Balaban J connectivity index is 1.97. The zero-order valence-electron chi connectivity index (χ0n) is 9.94. The average molecular weight is 245 g/mol. The number of benzene rings is 1. The van der Waals surface area contributed by atoms with Gasteiger partial charge in [-0.1, -0.05) is 6.07 Å². The molecule has 1 aliphatic carbocycles. The van der Waals surface area contributed by atoms with Crippen molar-refractivity contribution < 1.29 is 9.90 Å². The highest BCUT2D eigenvalue weighted by Crippen LogP contribution is 2.31. The molecule has 18 heavy (non-hydrogen) atoms. The number of aliphatic hydroxyl groups is 1. The van der Waals surface area contributed by atoms with Crippen molar-refractivity contribution in [2.24, 2.45) is 0 Å². The summed E-state index contributed by atoms with van der Waals surface area (Å²) in [5, 5.41) is 23.4. The summed E-state index contributed by atoms with van der Waals surface area (Å²) in [6.45, 7) is -0.0430. The lowest BCUT2D eigenvalue weighted by Crippen LogP contribution is -2.57. The van der Waals surface area contributed by atoms with E-state index in [0.717, 1.165) is 19.3 Å². The second-order valence-electron chi connectivity index (χ2n) is 4.56. The van der Waals surface area contributed by atoms with E-state index in [9.17, 15) is 9.90 Å². The summed E-state index contributed by atoms with van der Waals surface area (Å²) in [4.78, 5) is 11.8. The summed E-state index contributed by atoms with van der Waals surface area (Å²) < 4.78 is 0. The molecule has 1 saturated carbocycles. The number of nitrogens with zero attached hydrogens (tertiary/aromatic N) is 1. The maximum absolute atomic E-state index is 11.8. The molecule has 1 aliphatic rings. The molecule has 0 aliphatic heterocycles. The summed E-state index contributed by atoms with van der Waals surface area (Å²) in [7, 11) is 0. The van der Waals surface area contributed by atoms with Crippen molar-refractivity contribution in [3.8, 4) is 6.07 Å². The van der Waals surface area contributed by atoms with E-state index in [2.05, 4.69) is 10.6 Å². The third-order valence-corrected chi connectivity index (χ3v) is 3.24. The molecule has 0 radical (unpaired) electrons. The number of anilines is 1. The van der Waals surface area contributed by atoms with Gasteiger partial charge in [0.2, 0.25) is 0 Å². The van der Waals surface area contributed by atoms with E-state index >= 15 is 0 Å². The van der Waals surface area contributed by atoms with Crippen molar-refractivity contribution in [3.05, 3.63) is 29.8 Å². The topological polar surface area (TPSA) is 85.2 Å². The Morgan fingerprint density at radius 3 is 2.83 bits per heavy atom. The van der Waals surface area contributed by atoms with Crippen LogP contribution in [0.3, 0.4) is 0 Å². The Morgan fingerprint density at radius 1 is 1.50 bits per heavy atom. The van der Waals surface area contributed by atoms with E-state index in [0.29, 0.717) is 11.3 Å². The number of rotatable bonds is 3. The molecule has 0 bridgehead atoms. The number of hydrogen-bond acceptors (Lipinski definition) is 3. The highest BCUT2D eigenvalue weighted by Gasteiger charge is 2.37. The van der Waals surface area contributed by atoms with Gasteiger partial charge in [0.1, 0.15) is 0 Å². The van der Waals surface area contributed by atoms with Crippen LogP contribution < -0.4 is 10.6 Å². The normalized spacial score (nSPS) is 16.2. The van der Waals surface area contributed by atoms with Gasteiger partial charge >= 0.3 is 6.03 Å². The van der Waals surface area contributed by atoms with Crippen LogP contribution in [0.2, 0.25) is 0 Å². The van der Waals surface area contributed by atoms with Gasteiger partial charge in [-0.15, -0.1) is 0 Å². The zero-order chi connectivity index (χ0) is 13.0. The Hall–Kier alpha value is -2.06. The summed E-state index contributed by atoms with van der Waals surface area (Å²) in [6, 6.07) is 8.36. The first-order valence-corrected chi connectivity index (χ1v) is 5.88. The first-order chi connectivity index (χ1) is 8.67. The number of urea groups is 1. The molecule has 0 atom stereocenters. The molecule has 5 nitrogen and oxygen atoms in total. The maximum atomic E-state index is 11.8. The average Bonchev–Trinajstić information content (AvgIpc) is 2.34. The van der Waals surface area contributed by atoms with Crippen LogP contribution in [-0.2, 0) is 0 Å². The zero-order valence-corrected chi connectivity index (χ0v) is 9.94. The van der Waals surface area contributed by atoms with Crippen LogP contribution in [0, 0.1) is 11.3 Å². The second-order valence-corrected chi connectivity index (χ2v) is 4.56. The van der Waals surface area contributed by atoms with Crippen molar-refractivity contribution in [1.82, 2.24) is 5.32 Å². The van der Waals surface area contributed by atoms with Crippen LogP contribution in [0.15, 0.2) is 24.3 Å². The number of hydrogen-bond donors (Lipinski definition) is 3. The highest BCUT2D eigenvalue weighted by molar-refractivity contribution is 5.90. The molecule has 2 rings (SSSR count). The molecule has 5 heteroatoms. The molecule has 0 heterocycles. The summed E-state index contributed by atoms with van der Waals surface area (Å²) in [5.74, 6) is 0. The lowest BCUT2D eigenvalue weighted by molar-refractivity contribution is 0.0984. The van der Waals surface area contributed by atoms with Gasteiger partial charge < -0.3 is 15.7 Å². The predicted molar refractivity (Wildman–Crippen MR) is 67.0 cm³/mol. The Bertz CT molecular complexity index is 484. The van der Waals surface area contributed by atoms with Gasteiger partial charge in [0, 0.05) is 5.69 Å². The van der Waals surface area contributed by atoms with Gasteiger partial charge in [-0.25, -0.2) is 4.79 Å². The van der Waals surface area contributed by atoms with Crippen molar-refractivity contribution in [1.29, 1.82) is 5.26 Å². The van der Waals surface area contributed by atoms with Gasteiger partial charge in [-0.3, -0.25) is 0 Å². The molecule has 2 amide bonds. The lowest BCUT2D eigenvalue weighted by atomic mass is 9.77. The summed E-state index contributed by atoms with van der Waals surface area (Å²) >= 11 is 0. The van der Waals surface area contributed by atoms with E-state index in [1.54, 1.807) is 24.3 Å². The largest absolute Gasteiger partial charge is 0.394 e. The fourth-order valence-corrected chi connectivity index (χ4v) is 2.00. The van der Waals surface area contributed by atoms with Crippen LogP contribution in [0.25, 0.3) is 0 Å². The number of carbonyl (C=O) groups is 1. The van der Waals surface area contributed by atoms with Crippen LogP contribution in [0.5, 0.6) is 0 Å². The predicted octanol–water partition coefficient (Wildman–Crippen LogP) is 1.59. The van der Waals surface area contributed by atoms with Gasteiger partial charge in [-0.2, -0.15) is 5.26 Å². The van der Waals surface area contributed by atoms with Crippen LogP contribution in [0.4, 0.5) is 10.5 Å². The smallest absolute Gasteiger partial charge is 0.319 e. The number of aliphatic hydroxyl groups excluding tert-OH is 1. The molecular formula is C13H15N3O2. The molecule has 94 valence electrons. The number of carbonyl (C=O) groups excluding carboxylic acids is 1. The third kappa shape index (κ3) is 2.60. The van der Waals surface area contributed by atoms with Crippen LogP contribution >= 0.6 is 0 Å². The Labute approximate surface area is 105 Å². The van der Waals surface area contributed by atoms with Crippen molar-refractivity contribution in [2.45, 2.75) is 24.8 Å². The second kappa shape index (κ2) is 5.07. The Kier molecular flexibility index (Phi) is 3.49. The number of nitrogens with one attached hydrogen (secondary N) is 2. The van der Waals surface area contributed by atoms with Gasteiger partial charge in [0.25, 0.3) is 0 Å². The van der Waals surface area contributed by atoms with E-state index < -0.39 is 5.54 Å². The monoisotopic (exact) mass is 245 g/mol. The van der Waals surface area contributed by atoms with Crippen molar-refractivity contribution in [2.75, 3.05) is 11.9 Å². The van der Waals surface area contributed by atoms with Crippen molar-refractivity contribution >= 4 is 11.7 Å². The number of nitriles is 1. The molecule has 0 saturated heterocycles. The summed E-state index contributed by atoms with van der Waals surface area (Å²) in [6.07, 6.45) is 2.62. The maximum Gasteiger partial charge on any atom is 0.319 e. The van der Waals surface area contributed by atoms with Crippen LogP contribution in [0.1, 0.15) is 24.8 Å². The van der Waals surface area contributed by atoms with Crippen LogP contribution in [-0.4, -0.2) is 23.3 Å².